The summed E-state index contributed by atoms with van der Waals surface area (Å²) < 4.78 is 0. The van der Waals surface area contributed by atoms with Gasteiger partial charge in [-0.25, -0.2) is 0 Å². The van der Waals surface area contributed by atoms with Crippen LogP contribution in [-0.4, -0.2) is 31.8 Å². The molecule has 1 aromatic carbocycles. The van der Waals surface area contributed by atoms with E-state index in [4.69, 9.17) is 0 Å². The highest BCUT2D eigenvalue weighted by atomic mass is 16.1. The van der Waals surface area contributed by atoms with E-state index in [9.17, 15) is 9.59 Å². The predicted molar refractivity (Wildman–Crippen MR) is 90.4 cm³/mol. The SMILES string of the molecule is C/C(=C\C=O)CNCCCCNC(=O)/C=C/c1ccccc1. The first-order valence-electron chi connectivity index (χ1n) is 7.55. The second-order valence-electron chi connectivity index (χ2n) is 5.07. The molecule has 4 heteroatoms. The highest BCUT2D eigenvalue weighted by molar-refractivity contribution is 5.91. The minimum atomic E-state index is -0.0680. The summed E-state index contributed by atoms with van der Waals surface area (Å²) in [6.07, 6.45) is 7.63. The van der Waals surface area contributed by atoms with E-state index >= 15 is 0 Å². The summed E-state index contributed by atoms with van der Waals surface area (Å²) in [7, 11) is 0. The van der Waals surface area contributed by atoms with Crippen LogP contribution in [0.3, 0.4) is 0 Å². The molecule has 1 aromatic rings. The Kier molecular flexibility index (Phi) is 9.30. The van der Waals surface area contributed by atoms with Gasteiger partial charge in [0.1, 0.15) is 6.29 Å². The molecular weight excluding hydrogens is 276 g/mol. The molecule has 0 saturated heterocycles. The van der Waals surface area contributed by atoms with Crippen LogP contribution in [-0.2, 0) is 9.59 Å². The van der Waals surface area contributed by atoms with E-state index in [0.29, 0.717) is 6.54 Å². The monoisotopic (exact) mass is 300 g/mol. The van der Waals surface area contributed by atoms with Crippen LogP contribution in [0.2, 0.25) is 0 Å². The van der Waals surface area contributed by atoms with Gasteiger partial charge in [-0.3, -0.25) is 9.59 Å². The standard InChI is InChI=1S/C18H24N2O2/c1-16(11-14-21)15-19-12-5-6-13-20-18(22)10-9-17-7-3-2-4-8-17/h2-4,7-11,14,19H,5-6,12-13,15H2,1H3,(H,20,22)/b10-9+,16-11+. The molecule has 0 heterocycles. The Morgan fingerprint density at radius 2 is 1.86 bits per heavy atom. The number of hydrogen-bond donors (Lipinski definition) is 2. The molecule has 0 fully saturated rings. The Labute approximate surface area is 132 Å². The molecule has 0 radical (unpaired) electrons. The molecule has 0 saturated carbocycles. The van der Waals surface area contributed by atoms with Crippen LogP contribution >= 0.6 is 0 Å². The Balaban J connectivity index is 2.05. The average molecular weight is 300 g/mol. The molecule has 0 unspecified atom stereocenters. The fraction of sp³-hybridized carbons (Fsp3) is 0.333. The molecular formula is C18H24N2O2. The molecule has 2 N–H and O–H groups in total. The third-order valence-electron chi connectivity index (χ3n) is 3.06. The highest BCUT2D eigenvalue weighted by Gasteiger charge is 1.95. The van der Waals surface area contributed by atoms with Crippen molar-refractivity contribution >= 4 is 18.3 Å². The molecule has 0 spiro atoms. The van der Waals surface area contributed by atoms with Crippen LogP contribution in [0.25, 0.3) is 6.08 Å². The van der Waals surface area contributed by atoms with E-state index in [1.807, 2.05) is 37.3 Å². The van der Waals surface area contributed by atoms with Gasteiger partial charge in [0, 0.05) is 19.2 Å². The fourth-order valence-corrected chi connectivity index (χ4v) is 1.84. The average Bonchev–Trinajstić information content (AvgIpc) is 2.53. The molecule has 118 valence electrons. The highest BCUT2D eigenvalue weighted by Crippen LogP contribution is 2.00. The van der Waals surface area contributed by atoms with Crippen LogP contribution in [0.4, 0.5) is 0 Å². The van der Waals surface area contributed by atoms with Crippen LogP contribution < -0.4 is 10.6 Å². The van der Waals surface area contributed by atoms with E-state index in [0.717, 1.165) is 43.4 Å². The maximum absolute atomic E-state index is 11.6. The van der Waals surface area contributed by atoms with Gasteiger partial charge in [0.05, 0.1) is 0 Å². The molecule has 0 bridgehead atoms. The Morgan fingerprint density at radius 3 is 2.59 bits per heavy atom. The second-order valence-corrected chi connectivity index (χ2v) is 5.07. The summed E-state index contributed by atoms with van der Waals surface area (Å²) >= 11 is 0. The first-order chi connectivity index (χ1) is 10.7. The van der Waals surface area contributed by atoms with Gasteiger partial charge >= 0.3 is 0 Å². The zero-order valence-corrected chi connectivity index (χ0v) is 13.0. The van der Waals surface area contributed by atoms with Crippen LogP contribution in [0.1, 0.15) is 25.3 Å². The summed E-state index contributed by atoms with van der Waals surface area (Å²) in [4.78, 5) is 21.9. The van der Waals surface area contributed by atoms with Crippen molar-refractivity contribution in [2.75, 3.05) is 19.6 Å². The quantitative estimate of drug-likeness (QED) is 0.396. The third kappa shape index (κ3) is 8.87. The maximum atomic E-state index is 11.6. The van der Waals surface area contributed by atoms with E-state index in [1.165, 1.54) is 0 Å². The van der Waals surface area contributed by atoms with Gasteiger partial charge in [0.2, 0.25) is 5.91 Å². The van der Waals surface area contributed by atoms with E-state index < -0.39 is 0 Å². The minimum Gasteiger partial charge on any atom is -0.353 e. The number of benzene rings is 1. The van der Waals surface area contributed by atoms with Gasteiger partial charge < -0.3 is 10.6 Å². The molecule has 4 nitrogen and oxygen atoms in total. The lowest BCUT2D eigenvalue weighted by Crippen LogP contribution is -2.23. The molecule has 1 rings (SSSR count). The van der Waals surface area contributed by atoms with Crippen molar-refractivity contribution in [1.82, 2.24) is 10.6 Å². The number of carbonyl (C=O) groups excluding carboxylic acids is 2. The summed E-state index contributed by atoms with van der Waals surface area (Å²) in [5.41, 5.74) is 2.04. The molecule has 0 aliphatic carbocycles. The number of unbranched alkanes of at least 4 members (excludes halogenated alkanes) is 1. The summed E-state index contributed by atoms with van der Waals surface area (Å²) in [6, 6.07) is 9.74. The molecule has 0 aromatic heterocycles. The van der Waals surface area contributed by atoms with Crippen LogP contribution in [0, 0.1) is 0 Å². The van der Waals surface area contributed by atoms with E-state index in [1.54, 1.807) is 18.2 Å². The van der Waals surface area contributed by atoms with Crippen LogP contribution in [0.15, 0.2) is 48.1 Å². The van der Waals surface area contributed by atoms with Gasteiger partial charge in [-0.1, -0.05) is 35.9 Å². The molecule has 1 amide bonds. The smallest absolute Gasteiger partial charge is 0.243 e. The van der Waals surface area contributed by atoms with Gasteiger partial charge in [-0.2, -0.15) is 0 Å². The van der Waals surface area contributed by atoms with Gasteiger partial charge in [-0.15, -0.1) is 0 Å². The normalized spacial score (nSPS) is 11.6. The first-order valence-corrected chi connectivity index (χ1v) is 7.55. The van der Waals surface area contributed by atoms with Crippen molar-refractivity contribution in [2.45, 2.75) is 19.8 Å². The molecule has 22 heavy (non-hydrogen) atoms. The lowest BCUT2D eigenvalue weighted by molar-refractivity contribution is -0.116. The number of aldehydes is 1. The molecule has 0 aliphatic rings. The Hall–Kier alpha value is -2.20. The predicted octanol–water partition coefficient (Wildman–Crippen LogP) is 2.33. The summed E-state index contributed by atoms with van der Waals surface area (Å²) in [5.74, 6) is -0.0680. The Bertz CT molecular complexity index is 507. The fourth-order valence-electron chi connectivity index (χ4n) is 1.84. The summed E-state index contributed by atoms with van der Waals surface area (Å²) in [5, 5.41) is 6.11. The maximum Gasteiger partial charge on any atom is 0.243 e. The van der Waals surface area contributed by atoms with Crippen molar-refractivity contribution in [2.24, 2.45) is 0 Å². The van der Waals surface area contributed by atoms with Gasteiger partial charge in [0.15, 0.2) is 0 Å². The van der Waals surface area contributed by atoms with Crippen molar-refractivity contribution in [3.8, 4) is 0 Å². The Morgan fingerprint density at radius 1 is 1.14 bits per heavy atom. The van der Waals surface area contributed by atoms with Gasteiger partial charge in [0.25, 0.3) is 0 Å². The number of nitrogens with one attached hydrogen (secondary N) is 2. The van der Waals surface area contributed by atoms with Gasteiger partial charge in [-0.05, 0) is 44.0 Å². The van der Waals surface area contributed by atoms with Crippen molar-refractivity contribution in [3.63, 3.8) is 0 Å². The number of allylic oxidation sites excluding steroid dienone is 1. The number of hydrogen-bond acceptors (Lipinski definition) is 3. The lowest BCUT2D eigenvalue weighted by Gasteiger charge is -2.05. The second kappa shape index (κ2) is 11.5. The zero-order chi connectivity index (χ0) is 16.0. The van der Waals surface area contributed by atoms with E-state index in [2.05, 4.69) is 10.6 Å². The van der Waals surface area contributed by atoms with E-state index in [-0.39, 0.29) is 5.91 Å². The number of amides is 1. The largest absolute Gasteiger partial charge is 0.353 e. The lowest BCUT2D eigenvalue weighted by atomic mass is 10.2. The number of carbonyl (C=O) groups is 2. The molecule has 0 aliphatic heterocycles. The first kappa shape index (κ1) is 17.9. The molecule has 0 atom stereocenters. The van der Waals surface area contributed by atoms with Crippen molar-refractivity contribution in [3.05, 3.63) is 53.6 Å². The van der Waals surface area contributed by atoms with Crippen molar-refractivity contribution in [1.29, 1.82) is 0 Å². The zero-order valence-electron chi connectivity index (χ0n) is 13.0. The third-order valence-corrected chi connectivity index (χ3v) is 3.06. The topological polar surface area (TPSA) is 58.2 Å². The van der Waals surface area contributed by atoms with Crippen molar-refractivity contribution < 1.29 is 9.59 Å². The summed E-state index contributed by atoms with van der Waals surface area (Å²) in [6.45, 7) is 4.19. The minimum absolute atomic E-state index is 0.0680. The number of rotatable bonds is 10. The van der Waals surface area contributed by atoms with Crippen LogP contribution in [0.5, 0.6) is 0 Å².